The van der Waals surface area contributed by atoms with Crippen LogP contribution in [0.3, 0.4) is 0 Å². The molecule has 3 nitrogen and oxygen atoms in total. The Balaban J connectivity index is 2.54. The Labute approximate surface area is 82.0 Å². The summed E-state index contributed by atoms with van der Waals surface area (Å²) in [5.41, 5.74) is 0. The van der Waals surface area contributed by atoms with E-state index in [9.17, 15) is 13.6 Å². The first-order valence-corrected chi connectivity index (χ1v) is 4.66. The van der Waals surface area contributed by atoms with Crippen LogP contribution in [-0.2, 0) is 9.53 Å². The summed E-state index contributed by atoms with van der Waals surface area (Å²) in [6.45, 7) is 2.68. The third-order valence-electron chi connectivity index (χ3n) is 2.69. The van der Waals surface area contributed by atoms with E-state index < -0.39 is 12.3 Å². The van der Waals surface area contributed by atoms with Crippen LogP contribution in [0.1, 0.15) is 13.3 Å². The van der Waals surface area contributed by atoms with Gasteiger partial charge in [0.05, 0.1) is 6.10 Å². The number of rotatable bonds is 2. The molecule has 2 atom stereocenters. The molecule has 1 heterocycles. The average molecular weight is 207 g/mol. The predicted molar refractivity (Wildman–Crippen MR) is 47.2 cm³/mol. The molecule has 5 heteroatoms. The van der Waals surface area contributed by atoms with Gasteiger partial charge in [0, 0.05) is 20.2 Å². The van der Waals surface area contributed by atoms with Crippen LogP contribution in [0.5, 0.6) is 0 Å². The van der Waals surface area contributed by atoms with Gasteiger partial charge in [0.2, 0.25) is 0 Å². The molecule has 1 aliphatic heterocycles. The summed E-state index contributed by atoms with van der Waals surface area (Å²) in [5, 5.41) is 0. The largest absolute Gasteiger partial charge is 0.379 e. The lowest BCUT2D eigenvalue weighted by atomic mass is 9.96. The minimum absolute atomic E-state index is 0.119. The van der Waals surface area contributed by atoms with Crippen molar-refractivity contribution in [3.05, 3.63) is 0 Å². The lowest BCUT2D eigenvalue weighted by Crippen LogP contribution is -2.48. The Morgan fingerprint density at radius 1 is 1.57 bits per heavy atom. The van der Waals surface area contributed by atoms with Gasteiger partial charge < -0.3 is 9.64 Å². The maximum atomic E-state index is 12.1. The Kier molecular flexibility index (Phi) is 3.80. The highest BCUT2D eigenvalue weighted by atomic mass is 19.3. The maximum absolute atomic E-state index is 12.1. The maximum Gasteiger partial charge on any atom is 0.315 e. The van der Waals surface area contributed by atoms with Crippen molar-refractivity contribution in [3.63, 3.8) is 0 Å². The SMILES string of the molecule is COC1CN(C(=O)C(F)F)CCC1C. The van der Waals surface area contributed by atoms with Crippen LogP contribution < -0.4 is 0 Å². The molecule has 0 bridgehead atoms. The zero-order chi connectivity index (χ0) is 10.7. The fraction of sp³-hybridized carbons (Fsp3) is 0.889. The first kappa shape index (κ1) is 11.4. The van der Waals surface area contributed by atoms with Gasteiger partial charge in [-0.05, 0) is 12.3 Å². The van der Waals surface area contributed by atoms with Crippen molar-refractivity contribution in [1.29, 1.82) is 0 Å². The Hall–Kier alpha value is -0.710. The average Bonchev–Trinajstić information content (AvgIpc) is 2.17. The number of amides is 1. The first-order chi connectivity index (χ1) is 6.56. The van der Waals surface area contributed by atoms with E-state index in [4.69, 9.17) is 4.74 Å². The minimum Gasteiger partial charge on any atom is -0.379 e. The van der Waals surface area contributed by atoms with Crippen molar-refractivity contribution in [2.24, 2.45) is 5.92 Å². The molecule has 0 N–H and O–H groups in total. The van der Waals surface area contributed by atoms with Gasteiger partial charge in [-0.3, -0.25) is 4.79 Å². The monoisotopic (exact) mass is 207 g/mol. The van der Waals surface area contributed by atoms with Crippen LogP contribution in [0.2, 0.25) is 0 Å². The Bertz CT molecular complexity index is 211. The van der Waals surface area contributed by atoms with Crippen LogP contribution in [-0.4, -0.2) is 43.5 Å². The van der Waals surface area contributed by atoms with Crippen molar-refractivity contribution in [3.8, 4) is 0 Å². The number of likely N-dealkylation sites (tertiary alicyclic amines) is 1. The molecule has 1 fully saturated rings. The third kappa shape index (κ3) is 2.41. The summed E-state index contributed by atoms with van der Waals surface area (Å²) < 4.78 is 29.3. The van der Waals surface area contributed by atoms with Gasteiger partial charge in [0.15, 0.2) is 0 Å². The zero-order valence-corrected chi connectivity index (χ0v) is 8.37. The highest BCUT2D eigenvalue weighted by Crippen LogP contribution is 2.20. The van der Waals surface area contributed by atoms with Crippen LogP contribution in [0.4, 0.5) is 8.78 Å². The van der Waals surface area contributed by atoms with Gasteiger partial charge in [0.1, 0.15) is 0 Å². The van der Waals surface area contributed by atoms with Crippen molar-refractivity contribution in [2.75, 3.05) is 20.2 Å². The van der Waals surface area contributed by atoms with Gasteiger partial charge in [0.25, 0.3) is 5.91 Å². The third-order valence-corrected chi connectivity index (χ3v) is 2.69. The van der Waals surface area contributed by atoms with Crippen molar-refractivity contribution in [2.45, 2.75) is 25.9 Å². The second-order valence-corrected chi connectivity index (χ2v) is 3.63. The fourth-order valence-electron chi connectivity index (χ4n) is 1.68. The van der Waals surface area contributed by atoms with E-state index in [2.05, 4.69) is 0 Å². The van der Waals surface area contributed by atoms with E-state index in [1.54, 1.807) is 0 Å². The summed E-state index contributed by atoms with van der Waals surface area (Å²) in [5.74, 6) is -0.763. The zero-order valence-electron chi connectivity index (χ0n) is 8.37. The molecule has 14 heavy (non-hydrogen) atoms. The number of ether oxygens (including phenoxy) is 1. The fourth-order valence-corrected chi connectivity index (χ4v) is 1.68. The number of methoxy groups -OCH3 is 1. The summed E-state index contributed by atoms with van der Waals surface area (Å²) >= 11 is 0. The van der Waals surface area contributed by atoms with Gasteiger partial charge in [-0.15, -0.1) is 0 Å². The second kappa shape index (κ2) is 4.68. The molecule has 0 saturated carbocycles. The van der Waals surface area contributed by atoms with E-state index in [1.165, 1.54) is 12.0 Å². The minimum atomic E-state index is -2.90. The second-order valence-electron chi connectivity index (χ2n) is 3.63. The predicted octanol–water partition coefficient (Wildman–Crippen LogP) is 1.13. The summed E-state index contributed by atoms with van der Waals surface area (Å²) in [7, 11) is 1.54. The van der Waals surface area contributed by atoms with Crippen LogP contribution in [0, 0.1) is 5.92 Å². The molecule has 0 aromatic heterocycles. The molecule has 2 unspecified atom stereocenters. The van der Waals surface area contributed by atoms with E-state index >= 15 is 0 Å². The molecule has 1 rings (SSSR count). The molecule has 0 aliphatic carbocycles. The Morgan fingerprint density at radius 3 is 2.71 bits per heavy atom. The molecular weight excluding hydrogens is 192 g/mol. The van der Waals surface area contributed by atoms with Crippen LogP contribution in [0.15, 0.2) is 0 Å². The van der Waals surface area contributed by atoms with Gasteiger partial charge in [-0.1, -0.05) is 6.92 Å². The highest BCUT2D eigenvalue weighted by molar-refractivity contribution is 5.79. The number of piperidine rings is 1. The Morgan fingerprint density at radius 2 is 2.21 bits per heavy atom. The molecule has 82 valence electrons. The van der Waals surface area contributed by atoms with Crippen LogP contribution in [0.25, 0.3) is 0 Å². The number of carbonyl (C=O) groups excluding carboxylic acids is 1. The number of halogens is 2. The number of hydrogen-bond donors (Lipinski definition) is 0. The first-order valence-electron chi connectivity index (χ1n) is 4.66. The van der Waals surface area contributed by atoms with Crippen molar-refractivity contribution >= 4 is 5.91 Å². The van der Waals surface area contributed by atoms with Gasteiger partial charge in [-0.25, -0.2) is 0 Å². The molecule has 1 saturated heterocycles. The molecule has 0 spiro atoms. The van der Waals surface area contributed by atoms with E-state index in [1.807, 2.05) is 6.92 Å². The van der Waals surface area contributed by atoms with Crippen LogP contribution >= 0.6 is 0 Å². The number of nitrogens with zero attached hydrogens (tertiary/aromatic N) is 1. The molecular formula is C9H15F2NO2. The number of alkyl halides is 2. The van der Waals surface area contributed by atoms with E-state index in [-0.39, 0.29) is 12.6 Å². The highest BCUT2D eigenvalue weighted by Gasteiger charge is 2.32. The molecule has 1 amide bonds. The van der Waals surface area contributed by atoms with E-state index in [0.717, 1.165) is 6.42 Å². The quantitative estimate of drug-likeness (QED) is 0.679. The normalized spacial score (nSPS) is 28.2. The molecule has 0 aromatic carbocycles. The van der Waals surface area contributed by atoms with Gasteiger partial charge in [-0.2, -0.15) is 8.78 Å². The lowest BCUT2D eigenvalue weighted by molar-refractivity contribution is -0.147. The number of hydrogen-bond acceptors (Lipinski definition) is 2. The molecule has 1 aliphatic rings. The summed E-state index contributed by atoms with van der Waals surface area (Å²) in [4.78, 5) is 12.2. The summed E-state index contributed by atoms with van der Waals surface area (Å²) in [6.07, 6.45) is -2.30. The van der Waals surface area contributed by atoms with Crippen molar-refractivity contribution < 1.29 is 18.3 Å². The topological polar surface area (TPSA) is 29.5 Å². The number of carbonyl (C=O) groups is 1. The standard InChI is InChI=1S/C9H15F2NO2/c1-6-3-4-12(5-7(6)14-2)9(13)8(10)11/h6-8H,3-5H2,1-2H3. The molecule has 0 aromatic rings. The van der Waals surface area contributed by atoms with Gasteiger partial charge >= 0.3 is 6.43 Å². The smallest absolute Gasteiger partial charge is 0.315 e. The summed E-state index contributed by atoms with van der Waals surface area (Å²) in [6, 6.07) is 0. The van der Waals surface area contributed by atoms with E-state index in [0.29, 0.717) is 12.5 Å². The van der Waals surface area contributed by atoms with Crippen molar-refractivity contribution in [1.82, 2.24) is 4.90 Å². The molecule has 0 radical (unpaired) electrons. The lowest BCUT2D eigenvalue weighted by Gasteiger charge is -2.35.